The Morgan fingerprint density at radius 1 is 1.00 bits per heavy atom. The molecule has 0 bridgehead atoms. The molecule has 98 valence electrons. The number of halogens is 1. The van der Waals surface area contributed by atoms with Crippen LogP contribution < -0.4 is 0 Å². The number of benzene rings is 2. The van der Waals surface area contributed by atoms with Crippen molar-refractivity contribution in [2.45, 2.75) is 26.7 Å². The van der Waals surface area contributed by atoms with Gasteiger partial charge in [0.15, 0.2) is 5.78 Å². The largest absolute Gasteiger partial charge is 0.289 e. The minimum atomic E-state index is 0.113. The zero-order chi connectivity index (χ0) is 13.8. The van der Waals surface area contributed by atoms with Gasteiger partial charge in [-0.3, -0.25) is 4.79 Å². The Bertz CT molecular complexity index is 588. The van der Waals surface area contributed by atoms with Gasteiger partial charge in [0.25, 0.3) is 0 Å². The van der Waals surface area contributed by atoms with Gasteiger partial charge < -0.3 is 0 Å². The summed E-state index contributed by atoms with van der Waals surface area (Å²) in [5.41, 5.74) is 4.23. The average molecular weight is 364 g/mol. The molecule has 0 aliphatic carbocycles. The normalized spacial score (nSPS) is 10.5. The van der Waals surface area contributed by atoms with Gasteiger partial charge in [-0.05, 0) is 52.6 Å². The molecule has 0 aliphatic rings. The smallest absolute Gasteiger partial charge is 0.194 e. The van der Waals surface area contributed by atoms with E-state index in [-0.39, 0.29) is 5.78 Å². The molecule has 0 atom stereocenters. The van der Waals surface area contributed by atoms with Gasteiger partial charge >= 0.3 is 0 Å². The Hall–Kier alpha value is -1.16. The summed E-state index contributed by atoms with van der Waals surface area (Å²) in [6.45, 7) is 4.30. The van der Waals surface area contributed by atoms with Crippen molar-refractivity contribution >= 4 is 28.4 Å². The highest BCUT2D eigenvalue weighted by molar-refractivity contribution is 14.1. The minimum Gasteiger partial charge on any atom is -0.289 e. The van der Waals surface area contributed by atoms with E-state index >= 15 is 0 Å². The van der Waals surface area contributed by atoms with Crippen LogP contribution in [-0.4, -0.2) is 5.78 Å². The van der Waals surface area contributed by atoms with Crippen molar-refractivity contribution in [3.63, 3.8) is 0 Å². The summed E-state index contributed by atoms with van der Waals surface area (Å²) in [7, 11) is 0. The highest BCUT2D eigenvalue weighted by Crippen LogP contribution is 2.24. The second kappa shape index (κ2) is 6.33. The van der Waals surface area contributed by atoms with Gasteiger partial charge in [-0.25, -0.2) is 0 Å². The molecule has 0 unspecified atom stereocenters. The lowest BCUT2D eigenvalue weighted by atomic mass is 9.96. The van der Waals surface area contributed by atoms with E-state index in [1.54, 1.807) is 0 Å². The molecule has 0 amide bonds. The maximum atomic E-state index is 12.5. The number of carbonyl (C=O) groups is 1. The summed E-state index contributed by atoms with van der Waals surface area (Å²) in [5, 5.41) is 0. The molecule has 0 radical (unpaired) electrons. The standard InChI is InChI=1S/C17H17IO/c1-3-12-10-11-15(16(18)14(12)4-2)17(19)13-8-6-5-7-9-13/h5-11H,3-4H2,1-2H3. The molecule has 0 fully saturated rings. The van der Waals surface area contributed by atoms with E-state index in [0.29, 0.717) is 0 Å². The first kappa shape index (κ1) is 14.3. The molecule has 2 rings (SSSR count). The maximum Gasteiger partial charge on any atom is 0.194 e. The first-order valence-corrected chi connectivity index (χ1v) is 7.66. The van der Waals surface area contributed by atoms with Gasteiger partial charge in [-0.15, -0.1) is 0 Å². The van der Waals surface area contributed by atoms with Gasteiger partial charge in [0.05, 0.1) is 0 Å². The molecule has 19 heavy (non-hydrogen) atoms. The molecule has 2 aromatic rings. The van der Waals surface area contributed by atoms with Crippen molar-refractivity contribution in [3.05, 3.63) is 68.3 Å². The van der Waals surface area contributed by atoms with Crippen molar-refractivity contribution in [3.8, 4) is 0 Å². The monoisotopic (exact) mass is 364 g/mol. The minimum absolute atomic E-state index is 0.113. The topological polar surface area (TPSA) is 17.1 Å². The molecular weight excluding hydrogens is 347 g/mol. The van der Waals surface area contributed by atoms with Crippen LogP contribution in [0.3, 0.4) is 0 Å². The van der Waals surface area contributed by atoms with Gasteiger partial charge in [0.1, 0.15) is 0 Å². The fourth-order valence-electron chi connectivity index (χ4n) is 2.30. The molecule has 0 heterocycles. The van der Waals surface area contributed by atoms with Crippen molar-refractivity contribution in [2.75, 3.05) is 0 Å². The first-order valence-electron chi connectivity index (χ1n) is 6.59. The van der Waals surface area contributed by atoms with Gasteiger partial charge in [0, 0.05) is 14.7 Å². The summed E-state index contributed by atoms with van der Waals surface area (Å²) in [4.78, 5) is 12.5. The molecule has 0 N–H and O–H groups in total. The van der Waals surface area contributed by atoms with Crippen LogP contribution >= 0.6 is 22.6 Å². The lowest BCUT2D eigenvalue weighted by Gasteiger charge is -2.12. The highest BCUT2D eigenvalue weighted by atomic mass is 127. The summed E-state index contributed by atoms with van der Waals surface area (Å²) in [6, 6.07) is 13.5. The quantitative estimate of drug-likeness (QED) is 0.570. The average Bonchev–Trinajstić information content (AvgIpc) is 2.47. The highest BCUT2D eigenvalue weighted by Gasteiger charge is 2.16. The fourth-order valence-corrected chi connectivity index (χ4v) is 3.45. The Balaban J connectivity index is 2.49. The third kappa shape index (κ3) is 2.89. The van der Waals surface area contributed by atoms with E-state index in [9.17, 15) is 4.79 Å². The molecule has 1 nitrogen and oxygen atoms in total. The van der Waals surface area contributed by atoms with Gasteiger partial charge in [0.2, 0.25) is 0 Å². The summed E-state index contributed by atoms with van der Waals surface area (Å²) in [6.07, 6.45) is 1.98. The number of ketones is 1. The third-order valence-electron chi connectivity index (χ3n) is 3.36. The molecule has 0 saturated carbocycles. The predicted molar refractivity (Wildman–Crippen MR) is 87.8 cm³/mol. The number of hydrogen-bond acceptors (Lipinski definition) is 1. The number of carbonyl (C=O) groups excluding carboxylic acids is 1. The van der Waals surface area contributed by atoms with Crippen LogP contribution in [0, 0.1) is 3.57 Å². The van der Waals surface area contributed by atoms with E-state index < -0.39 is 0 Å². The number of hydrogen-bond donors (Lipinski definition) is 0. The maximum absolute atomic E-state index is 12.5. The predicted octanol–water partition coefficient (Wildman–Crippen LogP) is 4.65. The number of aryl methyl sites for hydroxylation is 1. The second-order valence-corrected chi connectivity index (χ2v) is 5.55. The molecule has 0 aromatic heterocycles. The Morgan fingerprint density at radius 3 is 2.26 bits per heavy atom. The zero-order valence-corrected chi connectivity index (χ0v) is 13.4. The van der Waals surface area contributed by atoms with Crippen LogP contribution in [-0.2, 0) is 12.8 Å². The second-order valence-electron chi connectivity index (χ2n) is 4.47. The van der Waals surface area contributed by atoms with Crippen LogP contribution in [0.2, 0.25) is 0 Å². The van der Waals surface area contributed by atoms with E-state index in [2.05, 4.69) is 42.5 Å². The lowest BCUT2D eigenvalue weighted by Crippen LogP contribution is -2.07. The van der Waals surface area contributed by atoms with Crippen molar-refractivity contribution in [2.24, 2.45) is 0 Å². The van der Waals surface area contributed by atoms with Gasteiger partial charge in [-0.1, -0.05) is 50.2 Å². The van der Waals surface area contributed by atoms with Crippen LogP contribution in [0.4, 0.5) is 0 Å². The zero-order valence-electron chi connectivity index (χ0n) is 11.2. The van der Waals surface area contributed by atoms with Crippen molar-refractivity contribution in [1.29, 1.82) is 0 Å². The fraction of sp³-hybridized carbons (Fsp3) is 0.235. The SMILES string of the molecule is CCc1ccc(C(=O)c2ccccc2)c(I)c1CC. The molecule has 0 spiro atoms. The summed E-state index contributed by atoms with van der Waals surface area (Å²) in [5.74, 6) is 0.113. The van der Waals surface area contributed by atoms with Crippen molar-refractivity contribution < 1.29 is 4.79 Å². The first-order chi connectivity index (χ1) is 9.19. The van der Waals surface area contributed by atoms with Crippen LogP contribution in [0.15, 0.2) is 42.5 Å². The van der Waals surface area contributed by atoms with E-state index in [0.717, 1.165) is 27.5 Å². The Kier molecular flexibility index (Phi) is 4.75. The van der Waals surface area contributed by atoms with Crippen molar-refractivity contribution in [1.82, 2.24) is 0 Å². The third-order valence-corrected chi connectivity index (χ3v) is 4.59. The molecular formula is C17H17IO. The van der Waals surface area contributed by atoms with E-state index in [4.69, 9.17) is 0 Å². The summed E-state index contributed by atoms with van der Waals surface area (Å²) < 4.78 is 1.10. The van der Waals surface area contributed by atoms with Gasteiger partial charge in [-0.2, -0.15) is 0 Å². The van der Waals surface area contributed by atoms with E-state index in [1.165, 1.54) is 11.1 Å². The lowest BCUT2D eigenvalue weighted by molar-refractivity contribution is 0.103. The molecule has 2 aromatic carbocycles. The molecule has 0 saturated heterocycles. The Labute approximate surface area is 128 Å². The number of rotatable bonds is 4. The summed E-state index contributed by atoms with van der Waals surface area (Å²) >= 11 is 2.31. The Morgan fingerprint density at radius 2 is 1.68 bits per heavy atom. The van der Waals surface area contributed by atoms with E-state index in [1.807, 2.05) is 36.4 Å². The van der Waals surface area contributed by atoms with Crippen LogP contribution in [0.25, 0.3) is 0 Å². The van der Waals surface area contributed by atoms with Crippen LogP contribution in [0.5, 0.6) is 0 Å². The van der Waals surface area contributed by atoms with Crippen LogP contribution in [0.1, 0.15) is 40.9 Å². The molecule has 2 heteroatoms. The molecule has 0 aliphatic heterocycles.